The number of hydrogen-bond donors (Lipinski definition) is 0. The smallest absolute Gasteiger partial charge is 0.343 e. The molecular weight excluding hydrogens is 672 g/mol. The van der Waals surface area contributed by atoms with E-state index >= 15 is 0 Å². The molecule has 12 heteroatoms. The Hall–Kier alpha value is -6.82. The van der Waals surface area contributed by atoms with Crippen LogP contribution in [0.3, 0.4) is 0 Å². The number of rotatable bonds is 8. The quantitative estimate of drug-likeness (QED) is 0.119. The predicted molar refractivity (Wildman–Crippen MR) is 180 cm³/mol. The van der Waals surface area contributed by atoms with E-state index in [4.69, 9.17) is 28.4 Å². The molecule has 3 aliphatic rings. The molecule has 1 saturated carbocycles. The Kier molecular flexibility index (Phi) is 8.51. The first-order valence-corrected chi connectivity index (χ1v) is 16.0. The maximum absolute atomic E-state index is 13.2. The van der Waals surface area contributed by atoms with Crippen LogP contribution in [0, 0.1) is 11.8 Å². The molecule has 4 aromatic carbocycles. The number of carbonyl (C=O) groups excluding carboxylic acids is 6. The minimum atomic E-state index is -0.779. The molecule has 7 rings (SSSR count). The van der Waals surface area contributed by atoms with E-state index in [1.807, 2.05) is 0 Å². The molecule has 0 amide bonds. The number of ether oxygens (including phenoxy) is 6. The monoisotopic (exact) mass is 700 g/mol. The summed E-state index contributed by atoms with van der Waals surface area (Å²) in [5.74, 6) is -5.09. The molecule has 0 spiro atoms. The molecule has 4 unspecified atom stereocenters. The van der Waals surface area contributed by atoms with Crippen molar-refractivity contribution >= 4 is 35.8 Å². The van der Waals surface area contributed by atoms with Crippen LogP contribution >= 0.6 is 0 Å². The first-order valence-electron chi connectivity index (χ1n) is 16.0. The summed E-state index contributed by atoms with van der Waals surface area (Å²) in [6.07, 6.45) is 0. The fraction of sp³-hybridized carbons (Fsp3) is 0.150. The van der Waals surface area contributed by atoms with Gasteiger partial charge in [-0.05, 0) is 85.6 Å². The van der Waals surface area contributed by atoms with Crippen molar-refractivity contribution in [2.75, 3.05) is 0 Å². The molecule has 260 valence electrons. The number of fused-ring (bicyclic) bond motifs is 8. The highest BCUT2D eigenvalue weighted by Crippen LogP contribution is 2.65. The average molecular weight is 701 g/mol. The van der Waals surface area contributed by atoms with E-state index < -0.39 is 59.5 Å². The maximum Gasteiger partial charge on any atom is 0.343 e. The Labute approximate surface area is 296 Å². The van der Waals surface area contributed by atoms with E-state index in [-0.39, 0.29) is 56.8 Å². The number of benzene rings is 4. The van der Waals surface area contributed by atoms with E-state index in [0.29, 0.717) is 11.1 Å². The maximum atomic E-state index is 13.2. The van der Waals surface area contributed by atoms with Crippen molar-refractivity contribution in [3.05, 3.63) is 131 Å². The highest BCUT2D eigenvalue weighted by molar-refractivity contribution is 5.95. The SMILES string of the molecule is C=C(C)C(=O)Oc1ccc(C(=O)Oc2ccc3c(c2)OC(=O)C2C4C(=O)Oc5cc(OC(=O)c6ccc(OC(=O)C(=C)C)cc6)ccc5C4C32)cc1. The van der Waals surface area contributed by atoms with Crippen molar-refractivity contribution in [1.82, 2.24) is 0 Å². The van der Waals surface area contributed by atoms with E-state index in [1.165, 1.54) is 74.5 Å². The van der Waals surface area contributed by atoms with Crippen LogP contribution in [0.5, 0.6) is 34.5 Å². The van der Waals surface area contributed by atoms with Gasteiger partial charge in [0.15, 0.2) is 0 Å². The molecule has 1 aliphatic carbocycles. The fourth-order valence-corrected chi connectivity index (χ4v) is 6.38. The van der Waals surface area contributed by atoms with Crippen molar-refractivity contribution in [3.8, 4) is 34.5 Å². The molecule has 2 aliphatic heterocycles. The lowest BCUT2D eigenvalue weighted by atomic mass is 9.51. The normalized spacial score (nSPS) is 19.0. The molecule has 0 bridgehead atoms. The van der Waals surface area contributed by atoms with Gasteiger partial charge >= 0.3 is 35.8 Å². The third kappa shape index (κ3) is 6.22. The van der Waals surface area contributed by atoms with Gasteiger partial charge in [-0.1, -0.05) is 25.3 Å². The van der Waals surface area contributed by atoms with Gasteiger partial charge in [0.1, 0.15) is 34.5 Å². The van der Waals surface area contributed by atoms with Gasteiger partial charge in [-0.25, -0.2) is 19.2 Å². The molecule has 0 N–H and O–H groups in total. The second-order valence-corrected chi connectivity index (χ2v) is 12.5. The molecule has 1 fully saturated rings. The van der Waals surface area contributed by atoms with Crippen LogP contribution in [-0.4, -0.2) is 35.8 Å². The highest BCUT2D eigenvalue weighted by Gasteiger charge is 2.64. The van der Waals surface area contributed by atoms with Gasteiger partial charge in [0.05, 0.1) is 23.0 Å². The number of carbonyl (C=O) groups is 6. The first-order chi connectivity index (χ1) is 24.9. The van der Waals surface area contributed by atoms with Gasteiger partial charge in [0.25, 0.3) is 0 Å². The predicted octanol–water partition coefficient (Wildman–Crippen LogP) is 6.04. The van der Waals surface area contributed by atoms with Crippen LogP contribution in [0.4, 0.5) is 0 Å². The topological polar surface area (TPSA) is 158 Å². The average Bonchev–Trinajstić information content (AvgIpc) is 3.09. The lowest BCUT2D eigenvalue weighted by molar-refractivity contribution is -0.165. The van der Waals surface area contributed by atoms with Crippen molar-refractivity contribution in [1.29, 1.82) is 0 Å². The minimum absolute atomic E-state index is 0.126. The van der Waals surface area contributed by atoms with Gasteiger partial charge in [0, 0.05) is 35.1 Å². The summed E-state index contributed by atoms with van der Waals surface area (Å²) in [6, 6.07) is 21.0. The minimum Gasteiger partial charge on any atom is -0.426 e. The Balaban J connectivity index is 1.06. The van der Waals surface area contributed by atoms with Crippen molar-refractivity contribution in [2.45, 2.75) is 25.7 Å². The van der Waals surface area contributed by atoms with Gasteiger partial charge in [-0.3, -0.25) is 9.59 Å². The van der Waals surface area contributed by atoms with Crippen molar-refractivity contribution < 1.29 is 57.2 Å². The van der Waals surface area contributed by atoms with Crippen LogP contribution < -0.4 is 28.4 Å². The van der Waals surface area contributed by atoms with Crippen LogP contribution in [0.1, 0.15) is 57.5 Å². The second kappa shape index (κ2) is 13.1. The lowest BCUT2D eigenvalue weighted by Crippen LogP contribution is -2.57. The molecule has 0 aromatic heterocycles. The van der Waals surface area contributed by atoms with Crippen LogP contribution in [-0.2, 0) is 19.2 Å². The largest absolute Gasteiger partial charge is 0.426 e. The molecule has 0 radical (unpaired) electrons. The molecule has 52 heavy (non-hydrogen) atoms. The molecular formula is C40H28O12. The first kappa shape index (κ1) is 33.7. The summed E-state index contributed by atoms with van der Waals surface area (Å²) in [4.78, 5) is 75.6. The van der Waals surface area contributed by atoms with E-state index in [2.05, 4.69) is 13.2 Å². The van der Waals surface area contributed by atoms with Gasteiger partial charge in [-0.15, -0.1) is 0 Å². The third-order valence-corrected chi connectivity index (χ3v) is 8.92. The summed E-state index contributed by atoms with van der Waals surface area (Å²) >= 11 is 0. The summed E-state index contributed by atoms with van der Waals surface area (Å²) in [5.41, 5.74) is 2.15. The van der Waals surface area contributed by atoms with Gasteiger partial charge in [-0.2, -0.15) is 0 Å². The summed E-state index contributed by atoms with van der Waals surface area (Å²) < 4.78 is 32.6. The number of hydrogen-bond acceptors (Lipinski definition) is 12. The van der Waals surface area contributed by atoms with Crippen molar-refractivity contribution in [3.63, 3.8) is 0 Å². The molecule has 2 heterocycles. The fourth-order valence-electron chi connectivity index (χ4n) is 6.38. The lowest BCUT2D eigenvalue weighted by Gasteiger charge is -2.53. The Bertz CT molecular complexity index is 2070. The third-order valence-electron chi connectivity index (χ3n) is 8.92. The zero-order valence-corrected chi connectivity index (χ0v) is 27.7. The molecule has 4 aromatic rings. The van der Waals surface area contributed by atoms with Crippen molar-refractivity contribution in [2.24, 2.45) is 11.8 Å². The molecule has 0 saturated heterocycles. The standard InChI is InChI=1S/C40H28O12/c1-19(2)35(41)47-23-9-5-21(6-10-23)37(43)49-25-13-15-27-29(17-25)51-39(45)33-31(27)32-28-16-14-26(18-30(28)52-40(46)34(32)33)50-38(44)22-7-11-24(12-8-22)48-36(42)20(3)4/h5-18,31-34H,1,3H2,2,4H3. The molecule has 4 atom stereocenters. The number of esters is 6. The summed E-state index contributed by atoms with van der Waals surface area (Å²) in [5, 5.41) is 0. The van der Waals surface area contributed by atoms with E-state index in [9.17, 15) is 28.8 Å². The summed E-state index contributed by atoms with van der Waals surface area (Å²) in [6.45, 7) is 10.1. The van der Waals surface area contributed by atoms with Gasteiger partial charge < -0.3 is 28.4 Å². The Morgan fingerprint density at radius 3 is 1.19 bits per heavy atom. The van der Waals surface area contributed by atoms with E-state index in [0.717, 1.165) is 0 Å². The molecule has 12 nitrogen and oxygen atoms in total. The highest BCUT2D eigenvalue weighted by atomic mass is 16.6. The zero-order chi connectivity index (χ0) is 36.8. The van der Waals surface area contributed by atoms with E-state index in [1.54, 1.807) is 24.3 Å². The Morgan fingerprint density at radius 1 is 0.500 bits per heavy atom. The summed E-state index contributed by atoms with van der Waals surface area (Å²) in [7, 11) is 0. The Morgan fingerprint density at radius 2 is 0.846 bits per heavy atom. The zero-order valence-electron chi connectivity index (χ0n) is 27.7. The van der Waals surface area contributed by atoms with Crippen LogP contribution in [0.25, 0.3) is 0 Å². The van der Waals surface area contributed by atoms with Gasteiger partial charge in [0.2, 0.25) is 0 Å². The second-order valence-electron chi connectivity index (χ2n) is 12.5. The van der Waals surface area contributed by atoms with Crippen LogP contribution in [0.2, 0.25) is 0 Å². The van der Waals surface area contributed by atoms with Crippen LogP contribution in [0.15, 0.2) is 109 Å².